The number of hydrogen-bond donors (Lipinski definition) is 1. The molecule has 0 unspecified atom stereocenters. The first kappa shape index (κ1) is 12.8. The van der Waals surface area contributed by atoms with Gasteiger partial charge in [-0.3, -0.25) is 4.90 Å². The van der Waals surface area contributed by atoms with Crippen molar-refractivity contribution in [3.05, 3.63) is 35.4 Å². The highest BCUT2D eigenvalue weighted by molar-refractivity contribution is 5.32. The normalized spacial score (nSPS) is 35.8. The molecule has 0 spiro atoms. The van der Waals surface area contributed by atoms with Crippen LogP contribution in [0.25, 0.3) is 0 Å². The second-order valence-corrected chi connectivity index (χ2v) is 6.93. The summed E-state index contributed by atoms with van der Waals surface area (Å²) in [7, 11) is 0. The van der Waals surface area contributed by atoms with Crippen molar-refractivity contribution in [2.75, 3.05) is 19.6 Å². The average molecular weight is 270 g/mol. The molecule has 3 saturated heterocycles. The van der Waals surface area contributed by atoms with Crippen molar-refractivity contribution in [3.8, 4) is 0 Å². The van der Waals surface area contributed by atoms with Crippen LogP contribution in [-0.4, -0.2) is 30.7 Å². The summed E-state index contributed by atoms with van der Waals surface area (Å²) in [4.78, 5) is 2.68. The highest BCUT2D eigenvalue weighted by Crippen LogP contribution is 2.33. The number of rotatable bonds is 3. The van der Waals surface area contributed by atoms with Crippen LogP contribution in [0.2, 0.25) is 0 Å². The zero-order valence-corrected chi connectivity index (χ0v) is 12.4. The maximum absolute atomic E-state index is 3.89. The van der Waals surface area contributed by atoms with Gasteiger partial charge in [0.05, 0.1) is 6.17 Å². The summed E-state index contributed by atoms with van der Waals surface area (Å²) >= 11 is 0. The Morgan fingerprint density at radius 3 is 2.75 bits per heavy atom. The Hall–Kier alpha value is -0.860. The maximum Gasteiger partial charge on any atom is 0.0599 e. The zero-order chi connectivity index (χ0) is 13.4. The van der Waals surface area contributed by atoms with Crippen molar-refractivity contribution in [1.29, 1.82) is 0 Å². The van der Waals surface area contributed by atoms with Gasteiger partial charge in [-0.15, -0.1) is 0 Å². The second kappa shape index (κ2) is 5.50. The molecule has 20 heavy (non-hydrogen) atoms. The van der Waals surface area contributed by atoms with Gasteiger partial charge in [0, 0.05) is 6.54 Å². The highest BCUT2D eigenvalue weighted by atomic mass is 15.3. The first-order chi connectivity index (χ1) is 9.90. The molecule has 4 aliphatic rings. The molecule has 108 valence electrons. The van der Waals surface area contributed by atoms with Crippen LogP contribution in [0.4, 0.5) is 0 Å². The number of piperidine rings is 3. The van der Waals surface area contributed by atoms with E-state index < -0.39 is 0 Å². The van der Waals surface area contributed by atoms with E-state index in [0.717, 1.165) is 11.8 Å². The molecule has 2 heteroatoms. The van der Waals surface area contributed by atoms with E-state index in [4.69, 9.17) is 0 Å². The fourth-order valence-corrected chi connectivity index (χ4v) is 4.52. The predicted molar refractivity (Wildman–Crippen MR) is 82.8 cm³/mol. The number of nitrogens with one attached hydrogen (secondary N) is 1. The van der Waals surface area contributed by atoms with Gasteiger partial charge in [-0.1, -0.05) is 24.3 Å². The quantitative estimate of drug-likeness (QED) is 0.908. The van der Waals surface area contributed by atoms with Gasteiger partial charge < -0.3 is 5.32 Å². The number of aryl methyl sites for hydroxylation is 1. The molecule has 0 amide bonds. The molecule has 2 nitrogen and oxygen atoms in total. The standard InChI is InChI=1S/C18H26N2/c1-2-7-17-15(4-1)5-3-6-16(17)13-19-18-12-14-8-10-20(18)11-9-14/h1-2,4,7,14,16,18-19H,3,5-6,8-13H2/t16-,18+/m1/s1. The lowest BCUT2D eigenvalue weighted by molar-refractivity contribution is 0.0304. The molecule has 1 aromatic rings. The van der Waals surface area contributed by atoms with Crippen LogP contribution in [0.5, 0.6) is 0 Å². The molecule has 0 aromatic heterocycles. The van der Waals surface area contributed by atoms with E-state index in [1.54, 1.807) is 11.1 Å². The van der Waals surface area contributed by atoms with Crippen LogP contribution in [0.3, 0.4) is 0 Å². The van der Waals surface area contributed by atoms with Crippen molar-refractivity contribution in [1.82, 2.24) is 10.2 Å². The van der Waals surface area contributed by atoms with Gasteiger partial charge in [0.1, 0.15) is 0 Å². The number of hydrogen-bond acceptors (Lipinski definition) is 2. The molecule has 1 aliphatic carbocycles. The van der Waals surface area contributed by atoms with E-state index in [-0.39, 0.29) is 0 Å². The molecule has 3 fully saturated rings. The van der Waals surface area contributed by atoms with Gasteiger partial charge >= 0.3 is 0 Å². The molecule has 3 heterocycles. The van der Waals surface area contributed by atoms with Crippen molar-refractivity contribution in [3.63, 3.8) is 0 Å². The molecule has 2 atom stereocenters. The number of fused-ring (bicyclic) bond motifs is 4. The minimum Gasteiger partial charge on any atom is -0.301 e. The van der Waals surface area contributed by atoms with Crippen molar-refractivity contribution in [2.24, 2.45) is 5.92 Å². The van der Waals surface area contributed by atoms with Gasteiger partial charge in [-0.25, -0.2) is 0 Å². The highest BCUT2D eigenvalue weighted by Gasteiger charge is 2.33. The minimum absolute atomic E-state index is 0.664. The van der Waals surface area contributed by atoms with Gasteiger partial charge in [0.15, 0.2) is 0 Å². The third-order valence-electron chi connectivity index (χ3n) is 5.74. The topological polar surface area (TPSA) is 15.3 Å². The Kier molecular flexibility index (Phi) is 3.53. The zero-order valence-electron chi connectivity index (χ0n) is 12.4. The largest absolute Gasteiger partial charge is 0.301 e. The summed E-state index contributed by atoms with van der Waals surface area (Å²) in [6.07, 6.45) is 8.92. The molecule has 0 radical (unpaired) electrons. The molecular formula is C18H26N2. The van der Waals surface area contributed by atoms with Gasteiger partial charge in [-0.05, 0) is 74.6 Å². The number of benzene rings is 1. The van der Waals surface area contributed by atoms with Crippen LogP contribution in [0.15, 0.2) is 24.3 Å². The van der Waals surface area contributed by atoms with Gasteiger partial charge in [-0.2, -0.15) is 0 Å². The second-order valence-electron chi connectivity index (χ2n) is 6.93. The maximum atomic E-state index is 3.89. The Morgan fingerprint density at radius 1 is 1.10 bits per heavy atom. The fourth-order valence-electron chi connectivity index (χ4n) is 4.52. The van der Waals surface area contributed by atoms with Crippen LogP contribution in [-0.2, 0) is 6.42 Å². The molecule has 5 rings (SSSR count). The predicted octanol–water partition coefficient (Wildman–Crippen LogP) is 3.14. The number of nitrogens with zero attached hydrogens (tertiary/aromatic N) is 1. The van der Waals surface area contributed by atoms with Gasteiger partial charge in [0.2, 0.25) is 0 Å². The van der Waals surface area contributed by atoms with Crippen LogP contribution >= 0.6 is 0 Å². The third-order valence-corrected chi connectivity index (χ3v) is 5.74. The summed E-state index contributed by atoms with van der Waals surface area (Å²) in [6, 6.07) is 9.09. The van der Waals surface area contributed by atoms with E-state index in [1.807, 2.05) is 0 Å². The SMILES string of the molecule is c1ccc2c(c1)CCC[C@@H]2CN[C@@H]1CC2CCN1CC2. The van der Waals surface area contributed by atoms with Crippen molar-refractivity contribution >= 4 is 0 Å². The summed E-state index contributed by atoms with van der Waals surface area (Å²) in [6.45, 7) is 3.82. The monoisotopic (exact) mass is 270 g/mol. The molecule has 1 N–H and O–H groups in total. The Balaban J connectivity index is 1.41. The van der Waals surface area contributed by atoms with E-state index in [0.29, 0.717) is 6.17 Å². The molecule has 0 saturated carbocycles. The summed E-state index contributed by atoms with van der Waals surface area (Å²) in [5.41, 5.74) is 3.21. The summed E-state index contributed by atoms with van der Waals surface area (Å²) in [5, 5.41) is 3.89. The fraction of sp³-hybridized carbons (Fsp3) is 0.667. The van der Waals surface area contributed by atoms with Crippen molar-refractivity contribution in [2.45, 2.75) is 50.6 Å². The first-order valence-corrected chi connectivity index (χ1v) is 8.45. The Labute approximate surface area is 122 Å². The average Bonchev–Trinajstić information content (AvgIpc) is 2.54. The third kappa shape index (κ3) is 2.40. The summed E-state index contributed by atoms with van der Waals surface area (Å²) < 4.78 is 0. The minimum atomic E-state index is 0.664. The molecule has 3 aliphatic heterocycles. The first-order valence-electron chi connectivity index (χ1n) is 8.45. The van der Waals surface area contributed by atoms with Gasteiger partial charge in [0.25, 0.3) is 0 Å². The lowest BCUT2D eigenvalue weighted by Gasteiger charge is -2.46. The molecule has 2 bridgehead atoms. The van der Waals surface area contributed by atoms with E-state index in [9.17, 15) is 0 Å². The molecule has 1 aromatic carbocycles. The van der Waals surface area contributed by atoms with E-state index in [1.165, 1.54) is 58.2 Å². The van der Waals surface area contributed by atoms with Crippen LogP contribution in [0.1, 0.15) is 49.1 Å². The van der Waals surface area contributed by atoms with E-state index >= 15 is 0 Å². The Bertz CT molecular complexity index is 462. The lowest BCUT2D eigenvalue weighted by atomic mass is 9.82. The van der Waals surface area contributed by atoms with Crippen LogP contribution < -0.4 is 5.32 Å². The lowest BCUT2D eigenvalue weighted by Crippen LogP contribution is -2.55. The summed E-state index contributed by atoms with van der Waals surface area (Å²) in [5.74, 6) is 1.73. The van der Waals surface area contributed by atoms with E-state index in [2.05, 4.69) is 34.5 Å². The smallest absolute Gasteiger partial charge is 0.0599 e. The van der Waals surface area contributed by atoms with Crippen molar-refractivity contribution < 1.29 is 0 Å². The Morgan fingerprint density at radius 2 is 1.95 bits per heavy atom. The van der Waals surface area contributed by atoms with Crippen LogP contribution in [0, 0.1) is 5.92 Å². The molecular weight excluding hydrogens is 244 g/mol.